The molecule has 0 aliphatic heterocycles. The number of carbonyl (C=O) groups is 2. The van der Waals surface area contributed by atoms with Crippen molar-refractivity contribution < 1.29 is 19.2 Å². The fourth-order valence-corrected chi connectivity index (χ4v) is 4.71. The van der Waals surface area contributed by atoms with E-state index in [-0.39, 0.29) is 18.7 Å². The van der Waals surface area contributed by atoms with E-state index in [1.54, 1.807) is 12.1 Å². The van der Waals surface area contributed by atoms with Crippen molar-refractivity contribution >= 4 is 34.0 Å². The minimum Gasteiger partial charge on any atom is -0.445 e. The number of non-ortho nitro benzene ring substituents is 1. The molecule has 1 heterocycles. The SMILES string of the molecule is Cc1sc(NC(=O)[C@H](Cc2ccc([N+](=O)[O-])cc2)NC(=O)OCc2ccccc2)cc1-c1ccccc1. The number of benzene rings is 3. The summed E-state index contributed by atoms with van der Waals surface area (Å²) in [7, 11) is 0. The van der Waals surface area contributed by atoms with Gasteiger partial charge >= 0.3 is 6.09 Å². The first-order valence-electron chi connectivity index (χ1n) is 11.6. The fraction of sp³-hybridized carbons (Fsp3) is 0.143. The van der Waals surface area contributed by atoms with E-state index in [0.717, 1.165) is 21.6 Å². The van der Waals surface area contributed by atoms with Crippen molar-refractivity contribution in [3.63, 3.8) is 0 Å². The van der Waals surface area contributed by atoms with Gasteiger partial charge in [-0.2, -0.15) is 0 Å². The number of rotatable bonds is 9. The van der Waals surface area contributed by atoms with Crippen molar-refractivity contribution in [1.82, 2.24) is 5.32 Å². The first-order chi connectivity index (χ1) is 17.9. The fourth-order valence-electron chi connectivity index (χ4n) is 3.76. The van der Waals surface area contributed by atoms with Gasteiger partial charge in [0.25, 0.3) is 5.69 Å². The van der Waals surface area contributed by atoms with Gasteiger partial charge in [0, 0.05) is 23.4 Å². The maximum absolute atomic E-state index is 13.3. The number of thiophene rings is 1. The number of anilines is 1. The number of aryl methyl sites for hydroxylation is 1. The van der Waals surface area contributed by atoms with Crippen molar-refractivity contribution in [3.05, 3.63) is 117 Å². The van der Waals surface area contributed by atoms with E-state index in [0.29, 0.717) is 10.6 Å². The molecule has 0 saturated heterocycles. The molecule has 188 valence electrons. The summed E-state index contributed by atoms with van der Waals surface area (Å²) < 4.78 is 5.31. The van der Waals surface area contributed by atoms with Gasteiger partial charge in [-0.15, -0.1) is 11.3 Å². The van der Waals surface area contributed by atoms with Crippen LogP contribution >= 0.6 is 11.3 Å². The molecule has 0 bridgehead atoms. The molecule has 9 heteroatoms. The number of nitro groups is 1. The molecule has 0 unspecified atom stereocenters. The summed E-state index contributed by atoms with van der Waals surface area (Å²) in [5.74, 6) is -0.420. The number of nitro benzene ring substituents is 1. The van der Waals surface area contributed by atoms with E-state index in [1.165, 1.54) is 23.5 Å². The first-order valence-corrected chi connectivity index (χ1v) is 12.4. The average molecular weight is 516 g/mol. The molecule has 1 aromatic heterocycles. The van der Waals surface area contributed by atoms with Gasteiger partial charge < -0.3 is 15.4 Å². The summed E-state index contributed by atoms with van der Waals surface area (Å²) in [4.78, 5) is 37.4. The van der Waals surface area contributed by atoms with E-state index < -0.39 is 23.0 Å². The quantitative estimate of drug-likeness (QED) is 0.206. The second kappa shape index (κ2) is 12.0. The molecular formula is C28H25N3O5S. The van der Waals surface area contributed by atoms with Crippen molar-refractivity contribution in [1.29, 1.82) is 0 Å². The molecule has 3 aromatic carbocycles. The second-order valence-corrected chi connectivity index (χ2v) is 9.58. The van der Waals surface area contributed by atoms with Gasteiger partial charge in [0.1, 0.15) is 12.6 Å². The van der Waals surface area contributed by atoms with Crippen LogP contribution in [0.15, 0.2) is 91.0 Å². The third-order valence-electron chi connectivity index (χ3n) is 5.66. The van der Waals surface area contributed by atoms with Crippen LogP contribution in [0.5, 0.6) is 0 Å². The average Bonchev–Trinajstić information content (AvgIpc) is 3.28. The minimum atomic E-state index is -0.965. The molecule has 2 N–H and O–H groups in total. The van der Waals surface area contributed by atoms with Crippen LogP contribution in [-0.2, 0) is 22.6 Å². The summed E-state index contributed by atoms with van der Waals surface area (Å²) in [6, 6.07) is 25.9. The molecule has 0 aliphatic rings. The zero-order valence-corrected chi connectivity index (χ0v) is 20.9. The van der Waals surface area contributed by atoms with Crippen molar-refractivity contribution in [2.45, 2.75) is 26.0 Å². The standard InChI is InChI=1S/C28H25N3O5S/c1-19-24(22-10-6-3-7-11-22)17-26(37-19)30-27(32)25(16-20-12-14-23(15-13-20)31(34)35)29-28(33)36-18-21-8-4-2-5-9-21/h2-15,17,25H,16,18H2,1H3,(H,29,33)(H,30,32)/t25-/m0/s1. The highest BCUT2D eigenvalue weighted by molar-refractivity contribution is 7.16. The summed E-state index contributed by atoms with van der Waals surface area (Å²) in [5.41, 5.74) is 3.48. The molecule has 0 saturated carbocycles. The molecule has 8 nitrogen and oxygen atoms in total. The van der Waals surface area contributed by atoms with Gasteiger partial charge in [0.05, 0.1) is 9.92 Å². The topological polar surface area (TPSA) is 111 Å². The summed E-state index contributed by atoms with van der Waals surface area (Å²) in [5, 5.41) is 17.2. The van der Waals surface area contributed by atoms with Crippen LogP contribution in [0, 0.1) is 17.0 Å². The van der Waals surface area contributed by atoms with Crippen molar-refractivity contribution in [2.24, 2.45) is 0 Å². The number of nitrogens with one attached hydrogen (secondary N) is 2. The smallest absolute Gasteiger partial charge is 0.408 e. The van der Waals surface area contributed by atoms with Crippen LogP contribution in [0.1, 0.15) is 16.0 Å². The highest BCUT2D eigenvalue weighted by atomic mass is 32.1. The lowest BCUT2D eigenvalue weighted by molar-refractivity contribution is -0.384. The zero-order chi connectivity index (χ0) is 26.2. The number of nitrogens with zero attached hydrogens (tertiary/aromatic N) is 1. The van der Waals surface area contributed by atoms with Gasteiger partial charge in [-0.1, -0.05) is 72.8 Å². The van der Waals surface area contributed by atoms with Crippen LogP contribution < -0.4 is 10.6 Å². The molecular weight excluding hydrogens is 490 g/mol. The third-order valence-corrected chi connectivity index (χ3v) is 6.62. The van der Waals surface area contributed by atoms with Gasteiger partial charge in [-0.05, 0) is 35.2 Å². The highest BCUT2D eigenvalue weighted by Crippen LogP contribution is 2.34. The number of amides is 2. The Hall–Kier alpha value is -4.50. The van der Waals surface area contributed by atoms with E-state index in [1.807, 2.05) is 73.7 Å². The molecule has 4 rings (SSSR count). The summed E-state index contributed by atoms with van der Waals surface area (Å²) in [6.45, 7) is 2.04. The lowest BCUT2D eigenvalue weighted by Crippen LogP contribution is -2.45. The Morgan fingerprint density at radius 2 is 1.59 bits per heavy atom. The largest absolute Gasteiger partial charge is 0.445 e. The van der Waals surface area contributed by atoms with E-state index in [4.69, 9.17) is 4.74 Å². The van der Waals surface area contributed by atoms with E-state index in [9.17, 15) is 19.7 Å². The Balaban J connectivity index is 1.49. The Morgan fingerprint density at radius 1 is 0.946 bits per heavy atom. The summed E-state index contributed by atoms with van der Waals surface area (Å²) in [6.07, 6.45) is -0.613. The zero-order valence-electron chi connectivity index (χ0n) is 20.0. The minimum absolute atomic E-state index is 0.0533. The Kier molecular flexibility index (Phi) is 8.27. The Labute approximate surface area is 218 Å². The lowest BCUT2D eigenvalue weighted by Gasteiger charge is -2.18. The molecule has 4 aromatic rings. The highest BCUT2D eigenvalue weighted by Gasteiger charge is 2.24. The lowest BCUT2D eigenvalue weighted by atomic mass is 10.0. The molecule has 0 fully saturated rings. The van der Waals surface area contributed by atoms with E-state index in [2.05, 4.69) is 10.6 Å². The predicted molar refractivity (Wildman–Crippen MR) is 143 cm³/mol. The first kappa shape index (κ1) is 25.6. The van der Waals surface area contributed by atoms with Gasteiger partial charge in [0.15, 0.2) is 0 Å². The Bertz CT molecular complexity index is 1370. The Morgan fingerprint density at radius 3 is 2.24 bits per heavy atom. The number of alkyl carbamates (subject to hydrolysis) is 1. The number of carbonyl (C=O) groups excluding carboxylic acids is 2. The van der Waals surface area contributed by atoms with Crippen molar-refractivity contribution in [3.8, 4) is 11.1 Å². The van der Waals surface area contributed by atoms with Crippen molar-refractivity contribution in [2.75, 3.05) is 5.32 Å². The maximum atomic E-state index is 13.3. The third kappa shape index (κ3) is 7.02. The van der Waals surface area contributed by atoms with Gasteiger partial charge in [-0.3, -0.25) is 14.9 Å². The monoisotopic (exact) mass is 515 g/mol. The van der Waals surface area contributed by atoms with E-state index >= 15 is 0 Å². The van der Waals surface area contributed by atoms with Gasteiger partial charge in [-0.25, -0.2) is 4.79 Å². The number of ether oxygens (including phenoxy) is 1. The van der Waals surface area contributed by atoms with Crippen LogP contribution in [-0.4, -0.2) is 23.0 Å². The molecule has 0 radical (unpaired) electrons. The molecule has 0 spiro atoms. The second-order valence-electron chi connectivity index (χ2n) is 8.32. The normalized spacial score (nSPS) is 11.4. The number of hydrogen-bond acceptors (Lipinski definition) is 6. The van der Waals surface area contributed by atoms with Crippen LogP contribution in [0.25, 0.3) is 11.1 Å². The predicted octanol–water partition coefficient (Wildman–Crippen LogP) is 6.11. The number of hydrogen-bond donors (Lipinski definition) is 2. The summed E-state index contributed by atoms with van der Waals surface area (Å²) >= 11 is 1.44. The van der Waals surface area contributed by atoms with Crippen LogP contribution in [0.2, 0.25) is 0 Å². The molecule has 37 heavy (non-hydrogen) atoms. The molecule has 1 atom stereocenters. The molecule has 0 aliphatic carbocycles. The molecule has 2 amide bonds. The van der Waals surface area contributed by atoms with Crippen LogP contribution in [0.3, 0.4) is 0 Å². The van der Waals surface area contributed by atoms with Crippen LogP contribution in [0.4, 0.5) is 15.5 Å². The maximum Gasteiger partial charge on any atom is 0.408 e. The van der Waals surface area contributed by atoms with Gasteiger partial charge in [0.2, 0.25) is 5.91 Å².